The lowest BCUT2D eigenvalue weighted by molar-refractivity contribution is -0.0586. The number of morpholine rings is 1. The molecule has 6 heteroatoms. The fourth-order valence-electron chi connectivity index (χ4n) is 3.20. The summed E-state index contributed by atoms with van der Waals surface area (Å²) in [5.41, 5.74) is 0.464. The van der Waals surface area contributed by atoms with Crippen molar-refractivity contribution in [3.63, 3.8) is 0 Å². The van der Waals surface area contributed by atoms with Crippen molar-refractivity contribution >= 4 is 10.0 Å². The van der Waals surface area contributed by atoms with Crippen molar-refractivity contribution in [2.45, 2.75) is 42.7 Å². The SMILES string of the molecule is N#Cc1ccc(S(=O)(=O)N2CCO[C@@H]3CCCC[C@H]32)cc1. The molecule has 1 aromatic carbocycles. The predicted octanol–water partition coefficient (Wildman–Crippen LogP) is 1.89. The van der Waals surface area contributed by atoms with Crippen molar-refractivity contribution in [1.82, 2.24) is 4.31 Å². The van der Waals surface area contributed by atoms with E-state index >= 15 is 0 Å². The van der Waals surface area contributed by atoms with Crippen molar-refractivity contribution in [1.29, 1.82) is 5.26 Å². The third kappa shape index (κ3) is 2.69. The summed E-state index contributed by atoms with van der Waals surface area (Å²) < 4.78 is 33.0. The summed E-state index contributed by atoms with van der Waals surface area (Å²) >= 11 is 0. The van der Waals surface area contributed by atoms with Gasteiger partial charge in [0.25, 0.3) is 0 Å². The summed E-state index contributed by atoms with van der Waals surface area (Å²) in [4.78, 5) is 0.257. The van der Waals surface area contributed by atoms with E-state index < -0.39 is 10.0 Å². The molecule has 0 bridgehead atoms. The molecule has 5 nitrogen and oxygen atoms in total. The summed E-state index contributed by atoms with van der Waals surface area (Å²) in [5, 5.41) is 8.81. The van der Waals surface area contributed by atoms with E-state index in [1.54, 1.807) is 16.4 Å². The number of benzene rings is 1. The van der Waals surface area contributed by atoms with Crippen molar-refractivity contribution in [2.75, 3.05) is 13.2 Å². The molecule has 21 heavy (non-hydrogen) atoms. The van der Waals surface area contributed by atoms with Gasteiger partial charge in [0.15, 0.2) is 0 Å². The van der Waals surface area contributed by atoms with Gasteiger partial charge in [-0.05, 0) is 37.1 Å². The maximum absolute atomic E-state index is 12.8. The van der Waals surface area contributed by atoms with Crippen LogP contribution in [0.2, 0.25) is 0 Å². The smallest absolute Gasteiger partial charge is 0.243 e. The van der Waals surface area contributed by atoms with Crippen LogP contribution in [0.25, 0.3) is 0 Å². The molecule has 2 fully saturated rings. The molecule has 1 saturated heterocycles. The Balaban J connectivity index is 1.90. The zero-order chi connectivity index (χ0) is 14.9. The maximum Gasteiger partial charge on any atom is 0.243 e. The summed E-state index contributed by atoms with van der Waals surface area (Å²) in [6.45, 7) is 0.861. The highest BCUT2D eigenvalue weighted by molar-refractivity contribution is 7.89. The van der Waals surface area contributed by atoms with Crippen LogP contribution in [0.5, 0.6) is 0 Å². The molecule has 1 saturated carbocycles. The lowest BCUT2D eigenvalue weighted by Crippen LogP contribution is -2.54. The van der Waals surface area contributed by atoms with Crippen LogP contribution < -0.4 is 0 Å². The van der Waals surface area contributed by atoms with Gasteiger partial charge in [-0.15, -0.1) is 0 Å². The number of hydrogen-bond acceptors (Lipinski definition) is 4. The Morgan fingerprint density at radius 2 is 1.90 bits per heavy atom. The standard InChI is InChI=1S/C15H18N2O3S/c16-11-12-5-7-13(8-6-12)21(18,19)17-9-10-20-15-4-2-1-3-14(15)17/h5-8,14-15H,1-4,9-10H2/t14-,15-/m1/s1. The van der Waals surface area contributed by atoms with Crippen LogP contribution in [0.4, 0.5) is 0 Å². The van der Waals surface area contributed by atoms with Crippen LogP contribution in [-0.2, 0) is 14.8 Å². The minimum absolute atomic E-state index is 0.0284. The average molecular weight is 306 g/mol. The van der Waals surface area contributed by atoms with E-state index in [1.165, 1.54) is 12.1 Å². The van der Waals surface area contributed by atoms with Crippen LogP contribution in [0.1, 0.15) is 31.2 Å². The van der Waals surface area contributed by atoms with E-state index in [2.05, 4.69) is 0 Å². The molecule has 0 unspecified atom stereocenters. The molecule has 1 heterocycles. The second-order valence-corrected chi connectivity index (χ2v) is 7.40. The summed E-state index contributed by atoms with van der Waals surface area (Å²) in [6.07, 6.45) is 3.97. The first-order valence-corrected chi connectivity index (χ1v) is 8.70. The molecule has 112 valence electrons. The highest BCUT2D eigenvalue weighted by atomic mass is 32.2. The van der Waals surface area contributed by atoms with E-state index in [-0.39, 0.29) is 17.0 Å². The van der Waals surface area contributed by atoms with Gasteiger partial charge in [0.1, 0.15) is 0 Å². The van der Waals surface area contributed by atoms with E-state index in [0.29, 0.717) is 18.7 Å². The molecule has 0 amide bonds. The van der Waals surface area contributed by atoms with Gasteiger partial charge in [0.05, 0.1) is 35.3 Å². The number of rotatable bonds is 2. The molecule has 0 spiro atoms. The fourth-order valence-corrected chi connectivity index (χ4v) is 4.86. The Morgan fingerprint density at radius 3 is 2.62 bits per heavy atom. The minimum Gasteiger partial charge on any atom is -0.375 e. The quantitative estimate of drug-likeness (QED) is 0.836. The summed E-state index contributed by atoms with van der Waals surface area (Å²) in [6, 6.07) is 8.08. The largest absolute Gasteiger partial charge is 0.375 e. The van der Waals surface area contributed by atoms with Gasteiger partial charge in [-0.2, -0.15) is 9.57 Å². The van der Waals surface area contributed by atoms with E-state index in [9.17, 15) is 8.42 Å². The van der Waals surface area contributed by atoms with Gasteiger partial charge in [-0.25, -0.2) is 8.42 Å². The minimum atomic E-state index is -3.51. The van der Waals surface area contributed by atoms with Gasteiger partial charge in [0, 0.05) is 6.54 Å². The summed E-state index contributed by atoms with van der Waals surface area (Å²) in [7, 11) is -3.51. The van der Waals surface area contributed by atoms with Gasteiger partial charge in [0.2, 0.25) is 10.0 Å². The zero-order valence-corrected chi connectivity index (χ0v) is 12.6. The molecular weight excluding hydrogens is 288 g/mol. The molecule has 2 atom stereocenters. The highest BCUT2D eigenvalue weighted by Crippen LogP contribution is 2.32. The molecule has 2 aliphatic rings. The van der Waals surface area contributed by atoms with Crippen LogP contribution in [-0.4, -0.2) is 38.0 Å². The normalized spacial score (nSPS) is 26.8. The van der Waals surface area contributed by atoms with Crippen molar-refractivity contribution in [2.24, 2.45) is 0 Å². The lowest BCUT2D eigenvalue weighted by atomic mass is 9.91. The number of hydrogen-bond donors (Lipinski definition) is 0. The predicted molar refractivity (Wildman–Crippen MR) is 77.0 cm³/mol. The second-order valence-electron chi connectivity index (χ2n) is 5.51. The number of nitriles is 1. The second kappa shape index (κ2) is 5.76. The number of fused-ring (bicyclic) bond motifs is 1. The van der Waals surface area contributed by atoms with Crippen LogP contribution in [0, 0.1) is 11.3 Å². The fraction of sp³-hybridized carbons (Fsp3) is 0.533. The van der Waals surface area contributed by atoms with Gasteiger partial charge < -0.3 is 4.74 Å². The molecule has 1 aliphatic carbocycles. The Kier molecular flexibility index (Phi) is 3.98. The van der Waals surface area contributed by atoms with E-state index in [4.69, 9.17) is 10.00 Å². The van der Waals surface area contributed by atoms with Crippen molar-refractivity contribution in [3.8, 4) is 6.07 Å². The Hall–Kier alpha value is -1.42. The van der Waals surface area contributed by atoms with Gasteiger partial charge in [-0.1, -0.05) is 12.8 Å². The van der Waals surface area contributed by atoms with E-state index in [1.807, 2.05) is 6.07 Å². The Labute approximate surface area is 125 Å². The molecule has 0 radical (unpaired) electrons. The van der Waals surface area contributed by atoms with E-state index in [0.717, 1.165) is 25.7 Å². The van der Waals surface area contributed by atoms with Crippen molar-refractivity contribution < 1.29 is 13.2 Å². The number of ether oxygens (including phenoxy) is 1. The van der Waals surface area contributed by atoms with Crippen LogP contribution in [0.3, 0.4) is 0 Å². The molecule has 3 rings (SSSR count). The molecule has 1 aliphatic heterocycles. The first-order chi connectivity index (χ1) is 10.1. The van der Waals surface area contributed by atoms with Gasteiger partial charge >= 0.3 is 0 Å². The molecule has 0 aromatic heterocycles. The number of sulfonamides is 1. The molecule has 0 N–H and O–H groups in total. The first kappa shape index (κ1) is 14.5. The topological polar surface area (TPSA) is 70.4 Å². The molecule has 1 aromatic rings. The van der Waals surface area contributed by atoms with Gasteiger partial charge in [-0.3, -0.25) is 0 Å². The van der Waals surface area contributed by atoms with Crippen molar-refractivity contribution in [3.05, 3.63) is 29.8 Å². The monoisotopic (exact) mass is 306 g/mol. The number of nitrogens with zero attached hydrogens (tertiary/aromatic N) is 2. The average Bonchev–Trinajstić information content (AvgIpc) is 2.54. The third-order valence-corrected chi connectivity index (χ3v) is 6.21. The van der Waals surface area contributed by atoms with Crippen LogP contribution in [0.15, 0.2) is 29.2 Å². The first-order valence-electron chi connectivity index (χ1n) is 7.26. The molecular formula is C15H18N2O3S. The maximum atomic E-state index is 12.8. The highest BCUT2D eigenvalue weighted by Gasteiger charge is 2.40. The third-order valence-electron chi connectivity index (χ3n) is 4.27. The summed E-state index contributed by atoms with van der Waals surface area (Å²) in [5.74, 6) is 0. The van der Waals surface area contributed by atoms with Crippen LogP contribution >= 0.6 is 0 Å². The Bertz CT molecular complexity index is 646. The zero-order valence-electron chi connectivity index (χ0n) is 11.7. The lowest BCUT2D eigenvalue weighted by Gasteiger charge is -2.42. The Morgan fingerprint density at radius 1 is 1.19 bits per heavy atom.